The van der Waals surface area contributed by atoms with Crippen molar-refractivity contribution in [3.63, 3.8) is 0 Å². The summed E-state index contributed by atoms with van der Waals surface area (Å²) in [5.41, 5.74) is 3.71. The first kappa shape index (κ1) is 23.2. The second-order valence-corrected chi connectivity index (χ2v) is 9.50. The van der Waals surface area contributed by atoms with Gasteiger partial charge in [-0.15, -0.1) is 5.10 Å². The number of amides is 1. The lowest BCUT2D eigenvalue weighted by atomic mass is 9.99. The number of carbonyl (C=O) groups excluding carboxylic acids is 1. The molecule has 1 aliphatic rings. The Morgan fingerprint density at radius 3 is 2.81 bits per heavy atom. The van der Waals surface area contributed by atoms with Crippen LogP contribution in [0.15, 0.2) is 60.9 Å². The summed E-state index contributed by atoms with van der Waals surface area (Å²) in [6.45, 7) is 5.58. The molecule has 1 saturated heterocycles. The van der Waals surface area contributed by atoms with Crippen LogP contribution in [0.4, 0.5) is 10.2 Å². The lowest BCUT2D eigenvalue weighted by Gasteiger charge is -2.35. The molecule has 186 valence electrons. The second-order valence-electron chi connectivity index (χ2n) is 9.50. The van der Waals surface area contributed by atoms with Crippen molar-refractivity contribution >= 4 is 33.7 Å². The van der Waals surface area contributed by atoms with E-state index in [-0.39, 0.29) is 11.6 Å². The quantitative estimate of drug-likeness (QED) is 0.394. The lowest BCUT2D eigenvalue weighted by Crippen LogP contribution is -2.49. The van der Waals surface area contributed by atoms with Crippen LogP contribution in [-0.2, 0) is 0 Å². The monoisotopic (exact) mass is 495 g/mol. The first-order valence-electron chi connectivity index (χ1n) is 12.4. The first-order valence-corrected chi connectivity index (χ1v) is 12.4. The van der Waals surface area contributed by atoms with E-state index < -0.39 is 11.7 Å². The fraction of sp³-hybridized carbons (Fsp3) is 0.250. The van der Waals surface area contributed by atoms with Crippen LogP contribution < -0.4 is 10.2 Å². The van der Waals surface area contributed by atoms with Crippen molar-refractivity contribution in [2.24, 2.45) is 0 Å². The highest BCUT2D eigenvalue weighted by molar-refractivity contribution is 6.11. The molecular weight excluding hydrogens is 469 g/mol. The zero-order chi connectivity index (χ0) is 25.5. The van der Waals surface area contributed by atoms with Gasteiger partial charge in [-0.25, -0.2) is 14.4 Å². The van der Waals surface area contributed by atoms with Gasteiger partial charge in [0.2, 0.25) is 0 Å². The fourth-order valence-electron chi connectivity index (χ4n) is 5.24. The molecule has 1 fully saturated rings. The molecule has 5 aromatic rings. The van der Waals surface area contributed by atoms with Gasteiger partial charge in [0.15, 0.2) is 5.65 Å². The molecule has 3 aromatic heterocycles. The van der Waals surface area contributed by atoms with Crippen molar-refractivity contribution < 1.29 is 9.18 Å². The highest BCUT2D eigenvalue weighted by Gasteiger charge is 2.32. The van der Waals surface area contributed by atoms with Crippen LogP contribution >= 0.6 is 0 Å². The predicted molar refractivity (Wildman–Crippen MR) is 141 cm³/mol. The third kappa shape index (κ3) is 4.11. The smallest absolute Gasteiger partial charge is 0.262 e. The minimum atomic E-state index is -0.636. The van der Waals surface area contributed by atoms with Gasteiger partial charge in [0.25, 0.3) is 5.91 Å². The first-order chi connectivity index (χ1) is 18.0. The summed E-state index contributed by atoms with van der Waals surface area (Å²) < 4.78 is 17.1. The number of hydrogen-bond acceptors (Lipinski definition) is 6. The Morgan fingerprint density at radius 1 is 1.11 bits per heavy atom. The number of halogens is 1. The maximum Gasteiger partial charge on any atom is 0.262 e. The molecule has 0 unspecified atom stereocenters. The van der Waals surface area contributed by atoms with Crippen molar-refractivity contribution in [1.82, 2.24) is 30.3 Å². The number of fused-ring (bicyclic) bond motifs is 2. The van der Waals surface area contributed by atoms with E-state index in [9.17, 15) is 4.79 Å². The van der Waals surface area contributed by atoms with Crippen molar-refractivity contribution in [3.05, 3.63) is 83.4 Å². The summed E-state index contributed by atoms with van der Waals surface area (Å²) in [6.07, 6.45) is 5.08. The molecule has 4 heterocycles. The number of benzene rings is 2. The number of nitrogens with one attached hydrogen (secondary N) is 1. The van der Waals surface area contributed by atoms with Gasteiger partial charge in [-0.2, -0.15) is 4.68 Å². The van der Waals surface area contributed by atoms with Gasteiger partial charge in [-0.05, 0) is 74.5 Å². The van der Waals surface area contributed by atoms with E-state index in [0.717, 1.165) is 41.3 Å². The average molecular weight is 496 g/mol. The molecule has 0 radical (unpaired) electrons. The molecule has 1 atom stereocenters. The van der Waals surface area contributed by atoms with Crippen LogP contribution in [-0.4, -0.2) is 50.0 Å². The third-order valence-corrected chi connectivity index (χ3v) is 6.90. The molecule has 1 N–H and O–H groups in total. The maximum absolute atomic E-state index is 15.6. The number of nitrogens with zero attached hydrogens (tertiary/aromatic N) is 6. The highest BCUT2D eigenvalue weighted by Crippen LogP contribution is 2.33. The highest BCUT2D eigenvalue weighted by atomic mass is 19.1. The minimum absolute atomic E-state index is 0.0183. The molecule has 1 aliphatic heterocycles. The lowest BCUT2D eigenvalue weighted by molar-refractivity contribution is 0.0968. The van der Waals surface area contributed by atoms with E-state index in [1.807, 2.05) is 19.9 Å². The zero-order valence-electron chi connectivity index (χ0n) is 20.6. The van der Waals surface area contributed by atoms with E-state index in [4.69, 9.17) is 0 Å². The van der Waals surface area contributed by atoms with Gasteiger partial charge >= 0.3 is 0 Å². The van der Waals surface area contributed by atoms with E-state index in [0.29, 0.717) is 29.2 Å². The van der Waals surface area contributed by atoms with Crippen LogP contribution in [0.25, 0.3) is 27.6 Å². The largest absolute Gasteiger partial charge is 0.315 e. The Balaban J connectivity index is 1.45. The Labute approximate surface area is 213 Å². The van der Waals surface area contributed by atoms with Crippen molar-refractivity contribution in [3.8, 4) is 5.69 Å². The standard InChI is InChI=1S/C28H26FN7O/c1-17-13-18(2)25-19(14-17)9-12-32-27(25)35(21-5-3-10-30-16-21)28(37)22-8-7-20(15-23(22)29)36-26-24(33-34-36)6-4-11-31-26/h4,6-9,11-15,21,30H,3,5,10,16H2,1-2H3/t21-/m1/s1. The Hall–Kier alpha value is -4.24. The van der Waals surface area contributed by atoms with E-state index >= 15 is 4.39 Å². The molecular formula is C28H26FN7O. The van der Waals surface area contributed by atoms with E-state index in [1.54, 1.807) is 35.5 Å². The number of aryl methyl sites for hydroxylation is 2. The van der Waals surface area contributed by atoms with Gasteiger partial charge in [-0.3, -0.25) is 9.69 Å². The van der Waals surface area contributed by atoms with E-state index in [2.05, 4.69) is 37.7 Å². The van der Waals surface area contributed by atoms with Gasteiger partial charge in [0, 0.05) is 30.4 Å². The number of hydrogen-bond donors (Lipinski definition) is 1. The van der Waals surface area contributed by atoms with Gasteiger partial charge < -0.3 is 5.32 Å². The zero-order valence-corrected chi connectivity index (χ0v) is 20.6. The van der Waals surface area contributed by atoms with Crippen molar-refractivity contribution in [2.75, 3.05) is 18.0 Å². The van der Waals surface area contributed by atoms with Crippen LogP contribution in [0, 0.1) is 19.7 Å². The number of piperidine rings is 1. The maximum atomic E-state index is 15.6. The van der Waals surface area contributed by atoms with Crippen LogP contribution in [0.2, 0.25) is 0 Å². The van der Waals surface area contributed by atoms with Crippen LogP contribution in [0.1, 0.15) is 34.3 Å². The van der Waals surface area contributed by atoms with Gasteiger partial charge in [0.1, 0.15) is 17.2 Å². The van der Waals surface area contributed by atoms with Crippen molar-refractivity contribution in [2.45, 2.75) is 32.7 Å². The Morgan fingerprint density at radius 2 is 2.00 bits per heavy atom. The summed E-state index contributed by atoms with van der Waals surface area (Å²) >= 11 is 0. The molecule has 2 aromatic carbocycles. The molecule has 8 nitrogen and oxygen atoms in total. The van der Waals surface area contributed by atoms with E-state index in [1.165, 1.54) is 16.8 Å². The summed E-state index contributed by atoms with van der Waals surface area (Å²) in [4.78, 5) is 24.7. The second kappa shape index (κ2) is 9.33. The number of carbonyl (C=O) groups is 1. The fourth-order valence-corrected chi connectivity index (χ4v) is 5.24. The SMILES string of the molecule is Cc1cc(C)c2c(N(C(=O)c3ccc(-n4nnc5cccnc54)cc3F)[C@@H]3CCCNC3)nccc2c1. The number of anilines is 1. The predicted octanol–water partition coefficient (Wildman–Crippen LogP) is 4.52. The molecule has 9 heteroatoms. The average Bonchev–Trinajstić information content (AvgIpc) is 3.33. The van der Waals surface area contributed by atoms with Crippen LogP contribution in [0.5, 0.6) is 0 Å². The summed E-state index contributed by atoms with van der Waals surface area (Å²) in [7, 11) is 0. The topological polar surface area (TPSA) is 88.8 Å². The van der Waals surface area contributed by atoms with Gasteiger partial charge in [-0.1, -0.05) is 22.9 Å². The molecule has 6 rings (SSSR count). The summed E-state index contributed by atoms with van der Waals surface area (Å²) in [5, 5.41) is 13.5. The molecule has 0 spiro atoms. The molecule has 0 saturated carbocycles. The molecule has 1 amide bonds. The third-order valence-electron chi connectivity index (χ3n) is 6.90. The normalized spacial score (nSPS) is 15.8. The molecule has 0 aliphatic carbocycles. The Kier molecular flexibility index (Phi) is 5.84. The van der Waals surface area contributed by atoms with Crippen LogP contribution in [0.3, 0.4) is 0 Å². The number of aromatic nitrogens is 5. The van der Waals surface area contributed by atoms with Gasteiger partial charge in [0.05, 0.1) is 17.3 Å². The summed E-state index contributed by atoms with van der Waals surface area (Å²) in [6, 6.07) is 14.0. The number of rotatable bonds is 4. The summed E-state index contributed by atoms with van der Waals surface area (Å²) in [5.74, 6) is -0.494. The molecule has 0 bridgehead atoms. The minimum Gasteiger partial charge on any atom is -0.315 e. The Bertz CT molecular complexity index is 1640. The van der Waals surface area contributed by atoms with Crippen molar-refractivity contribution in [1.29, 1.82) is 0 Å². The molecule has 37 heavy (non-hydrogen) atoms. The number of pyridine rings is 2.